The van der Waals surface area contributed by atoms with E-state index in [4.69, 9.17) is 4.74 Å². The molecule has 0 aliphatic carbocycles. The van der Waals surface area contributed by atoms with E-state index in [2.05, 4.69) is 4.98 Å². The fourth-order valence-corrected chi connectivity index (χ4v) is 3.16. The number of rotatable bonds is 4. The number of pyridine rings is 1. The molecular weight excluding hydrogens is 352 g/mol. The molecular formula is C23H20N2O3. The average molecular weight is 372 g/mol. The summed E-state index contributed by atoms with van der Waals surface area (Å²) in [6.07, 6.45) is 3.22. The Morgan fingerprint density at radius 2 is 1.61 bits per heavy atom. The highest BCUT2D eigenvalue weighted by atomic mass is 16.5. The molecule has 3 aromatic rings. The van der Waals surface area contributed by atoms with E-state index in [0.717, 1.165) is 16.6 Å². The summed E-state index contributed by atoms with van der Waals surface area (Å²) in [5.74, 6) is -0.154. The van der Waals surface area contributed by atoms with Crippen molar-refractivity contribution in [1.82, 2.24) is 9.88 Å². The topological polar surface area (TPSA) is 59.5 Å². The second-order valence-corrected chi connectivity index (χ2v) is 6.61. The molecule has 0 radical (unpaired) electrons. The monoisotopic (exact) mass is 372 g/mol. The minimum absolute atomic E-state index is 0.0294. The summed E-state index contributed by atoms with van der Waals surface area (Å²) in [6, 6.07) is 18.5. The molecule has 0 unspecified atom stereocenters. The first-order chi connectivity index (χ1) is 13.7. The van der Waals surface area contributed by atoms with Crippen molar-refractivity contribution in [2.45, 2.75) is 0 Å². The summed E-state index contributed by atoms with van der Waals surface area (Å²) in [6.45, 7) is 2.33. The van der Waals surface area contributed by atoms with Crippen LogP contribution in [-0.4, -0.2) is 47.9 Å². The maximum atomic E-state index is 12.5. The van der Waals surface area contributed by atoms with Crippen LogP contribution in [0.4, 0.5) is 0 Å². The molecule has 0 saturated carbocycles. The first kappa shape index (κ1) is 18.1. The Morgan fingerprint density at radius 3 is 2.39 bits per heavy atom. The number of hydrogen-bond acceptors (Lipinski definition) is 4. The third-order valence-corrected chi connectivity index (χ3v) is 4.74. The van der Waals surface area contributed by atoms with Crippen LogP contribution in [0.1, 0.15) is 26.4 Å². The number of ether oxygens (including phenoxy) is 1. The van der Waals surface area contributed by atoms with Gasteiger partial charge in [0.25, 0.3) is 5.91 Å². The Kier molecular flexibility index (Phi) is 5.26. The highest BCUT2D eigenvalue weighted by Crippen LogP contribution is 2.14. The second kappa shape index (κ2) is 8.15. The molecule has 1 fully saturated rings. The number of carbonyl (C=O) groups excluding carboxylic acids is 2. The second-order valence-electron chi connectivity index (χ2n) is 6.61. The van der Waals surface area contributed by atoms with Gasteiger partial charge in [-0.15, -0.1) is 0 Å². The lowest BCUT2D eigenvalue weighted by atomic mass is 10.1. The minimum Gasteiger partial charge on any atom is -0.378 e. The molecule has 2 heterocycles. The Morgan fingerprint density at radius 1 is 0.893 bits per heavy atom. The summed E-state index contributed by atoms with van der Waals surface area (Å²) in [5.41, 5.74) is 2.74. The summed E-state index contributed by atoms with van der Waals surface area (Å²) >= 11 is 0. The normalized spacial score (nSPS) is 14.5. The predicted molar refractivity (Wildman–Crippen MR) is 108 cm³/mol. The molecule has 0 spiro atoms. The molecule has 0 bridgehead atoms. The van der Waals surface area contributed by atoms with Gasteiger partial charge in [0, 0.05) is 29.6 Å². The van der Waals surface area contributed by atoms with Gasteiger partial charge >= 0.3 is 0 Å². The standard InChI is InChI=1S/C23H20N2O3/c26-22(12-11-20-10-9-17-3-1-2-4-21(17)24-20)18-5-7-19(8-6-18)23(27)25-13-15-28-16-14-25/h1-12H,13-16H2. The Hall–Kier alpha value is -3.31. The van der Waals surface area contributed by atoms with E-state index in [9.17, 15) is 9.59 Å². The van der Waals surface area contributed by atoms with Crippen LogP contribution in [0.15, 0.2) is 66.7 Å². The number of para-hydroxylation sites is 1. The molecule has 1 amide bonds. The van der Waals surface area contributed by atoms with Crippen LogP contribution in [0, 0.1) is 0 Å². The van der Waals surface area contributed by atoms with Crippen molar-refractivity contribution in [2.75, 3.05) is 26.3 Å². The largest absolute Gasteiger partial charge is 0.378 e. The number of fused-ring (bicyclic) bond motifs is 1. The molecule has 4 rings (SSSR count). The summed E-state index contributed by atoms with van der Waals surface area (Å²) < 4.78 is 5.27. The average Bonchev–Trinajstić information content (AvgIpc) is 2.77. The zero-order valence-corrected chi connectivity index (χ0v) is 15.4. The molecule has 1 aliphatic heterocycles. The first-order valence-electron chi connectivity index (χ1n) is 9.26. The van der Waals surface area contributed by atoms with Gasteiger partial charge in [0.15, 0.2) is 5.78 Å². The number of carbonyl (C=O) groups is 2. The summed E-state index contributed by atoms with van der Waals surface area (Å²) in [5, 5.41) is 1.06. The number of amides is 1. The van der Waals surface area contributed by atoms with Crippen LogP contribution >= 0.6 is 0 Å². The molecule has 28 heavy (non-hydrogen) atoms. The van der Waals surface area contributed by atoms with E-state index in [1.54, 1.807) is 35.2 Å². The van der Waals surface area contributed by atoms with Gasteiger partial charge in [-0.2, -0.15) is 0 Å². The van der Waals surface area contributed by atoms with Crippen molar-refractivity contribution in [3.05, 3.63) is 83.6 Å². The lowest BCUT2D eigenvalue weighted by Gasteiger charge is -2.26. The number of allylic oxidation sites excluding steroid dienone is 1. The smallest absolute Gasteiger partial charge is 0.254 e. The molecule has 5 heteroatoms. The van der Waals surface area contributed by atoms with Crippen molar-refractivity contribution < 1.29 is 14.3 Å². The van der Waals surface area contributed by atoms with Crippen LogP contribution in [0.5, 0.6) is 0 Å². The van der Waals surface area contributed by atoms with Gasteiger partial charge in [-0.25, -0.2) is 4.98 Å². The molecule has 1 aromatic heterocycles. The zero-order chi connectivity index (χ0) is 19.3. The van der Waals surface area contributed by atoms with Crippen molar-refractivity contribution in [2.24, 2.45) is 0 Å². The highest BCUT2D eigenvalue weighted by Gasteiger charge is 2.18. The maximum Gasteiger partial charge on any atom is 0.254 e. The van der Waals surface area contributed by atoms with E-state index in [1.165, 1.54) is 6.08 Å². The number of aromatic nitrogens is 1. The third kappa shape index (κ3) is 4.00. The number of ketones is 1. The Balaban J connectivity index is 1.45. The minimum atomic E-state index is -0.125. The van der Waals surface area contributed by atoms with Crippen LogP contribution in [0.3, 0.4) is 0 Å². The van der Waals surface area contributed by atoms with Gasteiger partial charge in [0.2, 0.25) is 0 Å². The van der Waals surface area contributed by atoms with E-state index < -0.39 is 0 Å². The molecule has 5 nitrogen and oxygen atoms in total. The molecule has 1 saturated heterocycles. The van der Waals surface area contributed by atoms with Crippen molar-refractivity contribution in [1.29, 1.82) is 0 Å². The van der Waals surface area contributed by atoms with E-state index in [1.807, 2.05) is 36.4 Å². The van der Waals surface area contributed by atoms with E-state index >= 15 is 0 Å². The summed E-state index contributed by atoms with van der Waals surface area (Å²) in [7, 11) is 0. The van der Waals surface area contributed by atoms with Gasteiger partial charge in [-0.1, -0.05) is 36.4 Å². The molecule has 0 N–H and O–H groups in total. The molecule has 140 valence electrons. The summed E-state index contributed by atoms with van der Waals surface area (Å²) in [4.78, 5) is 31.2. The van der Waals surface area contributed by atoms with E-state index in [-0.39, 0.29) is 11.7 Å². The molecule has 0 atom stereocenters. The Bertz CT molecular complexity index is 1040. The van der Waals surface area contributed by atoms with Gasteiger partial charge in [0.05, 0.1) is 24.4 Å². The molecule has 2 aromatic carbocycles. The van der Waals surface area contributed by atoms with Gasteiger partial charge in [-0.05, 0) is 36.4 Å². The number of nitrogens with zero attached hydrogens (tertiary/aromatic N) is 2. The van der Waals surface area contributed by atoms with Crippen LogP contribution < -0.4 is 0 Å². The highest BCUT2D eigenvalue weighted by molar-refractivity contribution is 6.07. The maximum absolute atomic E-state index is 12.5. The lowest BCUT2D eigenvalue weighted by molar-refractivity contribution is 0.0303. The SMILES string of the molecule is O=C(C=Cc1ccc2ccccc2n1)c1ccc(C(=O)N2CCOCC2)cc1. The fourth-order valence-electron chi connectivity index (χ4n) is 3.16. The van der Waals surface area contributed by atoms with Gasteiger partial charge < -0.3 is 9.64 Å². The van der Waals surface area contributed by atoms with Crippen molar-refractivity contribution >= 4 is 28.7 Å². The first-order valence-corrected chi connectivity index (χ1v) is 9.26. The lowest BCUT2D eigenvalue weighted by Crippen LogP contribution is -2.40. The quantitative estimate of drug-likeness (QED) is 0.519. The van der Waals surface area contributed by atoms with Gasteiger partial charge in [0.1, 0.15) is 0 Å². The number of benzene rings is 2. The zero-order valence-electron chi connectivity index (χ0n) is 15.4. The third-order valence-electron chi connectivity index (χ3n) is 4.74. The number of morpholine rings is 1. The van der Waals surface area contributed by atoms with E-state index in [0.29, 0.717) is 37.4 Å². The fraction of sp³-hybridized carbons (Fsp3) is 0.174. The van der Waals surface area contributed by atoms with Crippen LogP contribution in [0.25, 0.3) is 17.0 Å². The predicted octanol–water partition coefficient (Wildman–Crippen LogP) is 3.60. The van der Waals surface area contributed by atoms with Crippen LogP contribution in [-0.2, 0) is 4.74 Å². The van der Waals surface area contributed by atoms with Crippen LogP contribution in [0.2, 0.25) is 0 Å². The van der Waals surface area contributed by atoms with Gasteiger partial charge in [-0.3, -0.25) is 9.59 Å². The van der Waals surface area contributed by atoms with Crippen molar-refractivity contribution in [3.63, 3.8) is 0 Å². The Labute approximate surface area is 163 Å². The molecule has 1 aliphatic rings. The van der Waals surface area contributed by atoms with Crippen molar-refractivity contribution in [3.8, 4) is 0 Å². The number of hydrogen-bond donors (Lipinski definition) is 0.